The molecule has 4 aliphatic rings. The number of thiophene rings is 1. The number of methoxy groups -OCH3 is 1. The van der Waals surface area contributed by atoms with E-state index < -0.39 is 70.4 Å². The van der Waals surface area contributed by atoms with Gasteiger partial charge in [-0.3, -0.25) is 23.9 Å². The summed E-state index contributed by atoms with van der Waals surface area (Å²) in [5.74, 6) is -7.59. The molecule has 3 N–H and O–H groups in total. The molecule has 0 bridgehead atoms. The normalized spacial score (nSPS) is 25.5. The van der Waals surface area contributed by atoms with Gasteiger partial charge in [0.15, 0.2) is 0 Å². The molecule has 3 aromatic carbocycles. The Kier molecular flexibility index (Phi) is 8.20. The molecule has 2 aliphatic heterocycles. The minimum Gasteiger partial charge on any atom is -0.508 e. The van der Waals surface area contributed by atoms with E-state index >= 15 is 4.79 Å². The number of phenolic OH excluding ortho intramolecular Hbond substituents is 1. The molecule has 2 aromatic heterocycles. The Morgan fingerprint density at radius 2 is 1.74 bits per heavy atom. The monoisotopic (exact) mass is 806 g/mol. The number of carboxylic acids is 1. The number of hydrogen-bond acceptors (Lipinski definition) is 10. The van der Waals surface area contributed by atoms with Crippen LogP contribution in [0, 0.1) is 36.0 Å². The van der Waals surface area contributed by atoms with Crippen molar-refractivity contribution in [3.63, 3.8) is 0 Å². The van der Waals surface area contributed by atoms with Crippen LogP contribution in [0.5, 0.6) is 17.2 Å². The zero-order valence-corrected chi connectivity index (χ0v) is 32.6. The van der Waals surface area contributed by atoms with Crippen molar-refractivity contribution in [2.24, 2.45) is 36.1 Å². The molecule has 4 heterocycles. The maximum Gasteiger partial charge on any atom is 0.339 e. The van der Waals surface area contributed by atoms with Crippen molar-refractivity contribution in [1.82, 2.24) is 9.78 Å². The second-order valence-corrected chi connectivity index (χ2v) is 16.8. The van der Waals surface area contributed by atoms with Crippen LogP contribution in [0.15, 0.2) is 72.3 Å². The highest BCUT2D eigenvalue weighted by Crippen LogP contribution is 2.65. The number of aromatic carboxylic acids is 1. The fourth-order valence-electron chi connectivity index (χ4n) is 9.83. The molecule has 3 fully saturated rings. The Bertz CT molecular complexity index is 2680. The van der Waals surface area contributed by atoms with E-state index in [1.54, 1.807) is 26.1 Å². The Hall–Kier alpha value is -5.99. The Balaban J connectivity index is 1.15. The molecular formula is C42H35ClN4O9S. The van der Waals surface area contributed by atoms with Gasteiger partial charge in [-0.1, -0.05) is 29.3 Å². The van der Waals surface area contributed by atoms with Gasteiger partial charge in [-0.25, -0.2) is 14.6 Å². The molecule has 0 spiro atoms. The summed E-state index contributed by atoms with van der Waals surface area (Å²) >= 11 is 7.84. The van der Waals surface area contributed by atoms with E-state index in [0.717, 1.165) is 37.6 Å². The van der Waals surface area contributed by atoms with Crippen LogP contribution in [0.3, 0.4) is 0 Å². The van der Waals surface area contributed by atoms with E-state index in [1.165, 1.54) is 46.2 Å². The summed E-state index contributed by atoms with van der Waals surface area (Å²) in [4.78, 5) is 73.2. The van der Waals surface area contributed by atoms with E-state index in [9.17, 15) is 34.5 Å². The quantitative estimate of drug-likeness (QED) is 0.122. The Labute approximate surface area is 334 Å². The first kappa shape index (κ1) is 36.6. The molecular weight excluding hydrogens is 772 g/mol. The van der Waals surface area contributed by atoms with E-state index in [4.69, 9.17) is 21.4 Å². The number of aromatic hydroxyl groups is 2. The smallest absolute Gasteiger partial charge is 0.339 e. The number of halogens is 1. The molecule has 0 unspecified atom stereocenters. The zero-order valence-electron chi connectivity index (χ0n) is 31.0. The summed E-state index contributed by atoms with van der Waals surface area (Å²) in [5.41, 5.74) is 1.04. The van der Waals surface area contributed by atoms with Crippen LogP contribution in [0.25, 0.3) is 20.7 Å². The Morgan fingerprint density at radius 1 is 0.965 bits per heavy atom. The fourth-order valence-corrected chi connectivity index (χ4v) is 11.1. The van der Waals surface area contributed by atoms with Crippen molar-refractivity contribution in [3.05, 3.63) is 94.0 Å². The summed E-state index contributed by atoms with van der Waals surface area (Å²) in [7, 11) is 3.12. The molecule has 290 valence electrons. The number of amides is 4. The number of phenols is 2. The van der Waals surface area contributed by atoms with Crippen molar-refractivity contribution in [2.75, 3.05) is 16.9 Å². The van der Waals surface area contributed by atoms with Crippen molar-refractivity contribution >= 4 is 74.1 Å². The highest BCUT2D eigenvalue weighted by atomic mass is 35.5. The van der Waals surface area contributed by atoms with Crippen LogP contribution >= 0.6 is 22.9 Å². The summed E-state index contributed by atoms with van der Waals surface area (Å²) in [5, 5.41) is 36.7. The summed E-state index contributed by atoms with van der Waals surface area (Å²) in [6, 6.07) is 15.5. The van der Waals surface area contributed by atoms with Gasteiger partial charge in [-0.2, -0.15) is 5.10 Å². The molecule has 0 radical (unpaired) electrons. The maximum absolute atomic E-state index is 15.2. The van der Waals surface area contributed by atoms with Gasteiger partial charge < -0.3 is 20.1 Å². The highest BCUT2D eigenvalue weighted by Gasteiger charge is 2.68. The lowest BCUT2D eigenvalue weighted by molar-refractivity contribution is -0.131. The maximum atomic E-state index is 15.2. The predicted molar refractivity (Wildman–Crippen MR) is 211 cm³/mol. The highest BCUT2D eigenvalue weighted by molar-refractivity contribution is 7.22. The van der Waals surface area contributed by atoms with Crippen molar-refractivity contribution in [2.45, 2.75) is 32.6 Å². The zero-order chi connectivity index (χ0) is 40.4. The Morgan fingerprint density at radius 3 is 2.46 bits per heavy atom. The fraction of sp³-hybridized carbons (Fsp3) is 0.286. The first-order chi connectivity index (χ1) is 27.1. The number of aryl methyl sites for hydroxylation is 2. The van der Waals surface area contributed by atoms with Gasteiger partial charge in [-0.15, -0.1) is 11.3 Å². The van der Waals surface area contributed by atoms with Crippen LogP contribution in [-0.4, -0.2) is 61.8 Å². The molecule has 9 rings (SSSR count). The molecule has 6 atom stereocenters. The van der Waals surface area contributed by atoms with Crippen molar-refractivity contribution in [3.8, 4) is 27.8 Å². The number of aromatic nitrogens is 2. The molecule has 4 amide bonds. The van der Waals surface area contributed by atoms with Gasteiger partial charge in [0.05, 0.1) is 40.8 Å². The molecule has 15 heteroatoms. The average molecular weight is 807 g/mol. The molecule has 2 saturated heterocycles. The number of ether oxygens (including phenoxy) is 1. The number of hydrogen-bond donors (Lipinski definition) is 3. The summed E-state index contributed by atoms with van der Waals surface area (Å²) < 4.78 is 8.29. The topological polar surface area (TPSA) is 180 Å². The van der Waals surface area contributed by atoms with Crippen molar-refractivity contribution in [1.29, 1.82) is 0 Å². The van der Waals surface area contributed by atoms with Gasteiger partial charge >= 0.3 is 5.97 Å². The van der Waals surface area contributed by atoms with Gasteiger partial charge in [0, 0.05) is 46.5 Å². The third-order valence-corrected chi connectivity index (χ3v) is 14.0. The van der Waals surface area contributed by atoms with Crippen molar-refractivity contribution < 1.29 is 44.0 Å². The number of carbonyl (C=O) groups excluding carboxylic acids is 4. The van der Waals surface area contributed by atoms with Crippen LogP contribution in [0.2, 0.25) is 5.02 Å². The first-order valence-electron chi connectivity index (χ1n) is 18.3. The minimum absolute atomic E-state index is 0.0307. The lowest BCUT2D eigenvalue weighted by Gasteiger charge is -2.49. The van der Waals surface area contributed by atoms with E-state index in [-0.39, 0.29) is 41.4 Å². The number of allylic oxidation sites excluding steroid dienone is 2. The van der Waals surface area contributed by atoms with Gasteiger partial charge in [0.1, 0.15) is 34.3 Å². The molecule has 1 saturated carbocycles. The molecule has 2 aliphatic carbocycles. The van der Waals surface area contributed by atoms with Gasteiger partial charge in [0.25, 0.3) is 0 Å². The number of carbonyl (C=O) groups is 5. The van der Waals surface area contributed by atoms with Crippen LogP contribution in [0.4, 0.5) is 11.5 Å². The summed E-state index contributed by atoms with van der Waals surface area (Å²) in [6.07, 6.45) is 2.13. The van der Waals surface area contributed by atoms with Crippen LogP contribution in [-0.2, 0) is 26.2 Å². The predicted octanol–water partition coefficient (Wildman–Crippen LogP) is 6.82. The number of rotatable bonds is 6. The van der Waals surface area contributed by atoms with Gasteiger partial charge in [-0.05, 0) is 80.0 Å². The molecule has 13 nitrogen and oxygen atoms in total. The minimum atomic E-state index is -1.39. The average Bonchev–Trinajstić information content (AvgIpc) is 3.84. The van der Waals surface area contributed by atoms with E-state index in [0.29, 0.717) is 21.9 Å². The number of anilines is 2. The third-order valence-electron chi connectivity index (χ3n) is 12.5. The molecule has 57 heavy (non-hydrogen) atoms. The standard InChI is InChI=1S/C42H35ClN4O9S/c1-18-26-13-19(43)5-12-32(26)57-36(18)29-17-33(45(3)44-29)47-38(51)28-16-27-22(35(42(28,2)41(47)55)24-9-7-21(48)15-31(24)56-4)10-11-25-34(27)39(52)46(37(25)50)20-6-8-23(40(53)54)30(49)14-20/h5-10,12-15,17,25,27-28,34-35,48-49H,11,16H2,1-4H3,(H,53,54)/t25-,27+,28-,34-,35+,42+/m0/s1. The number of fused-ring (bicyclic) bond motifs is 5. The number of nitrogens with zero attached hydrogens (tertiary/aromatic N) is 4. The van der Waals surface area contributed by atoms with Crippen LogP contribution in [0.1, 0.15) is 47.2 Å². The number of imide groups is 2. The SMILES string of the molecule is COc1cc(O)ccc1[C@H]1C2=CC[C@@H]3C(=O)N(c4ccc(C(=O)O)c(O)c4)C(=O)[C@@H]3[C@@H]2C[C@H]2C(=O)N(c3cc(-c4sc5ccc(Cl)cc5c4C)nn3C)C(=O)[C@@]12C. The first-order valence-corrected chi connectivity index (χ1v) is 19.5. The van der Waals surface area contributed by atoms with Crippen LogP contribution < -0.4 is 14.5 Å². The second-order valence-electron chi connectivity index (χ2n) is 15.3. The second kappa shape index (κ2) is 12.8. The number of carboxylic acid groups (broad SMARTS) is 1. The molecule has 5 aromatic rings. The van der Waals surface area contributed by atoms with E-state index in [2.05, 4.69) is 0 Å². The number of benzene rings is 3. The largest absolute Gasteiger partial charge is 0.508 e. The van der Waals surface area contributed by atoms with E-state index in [1.807, 2.05) is 31.2 Å². The lowest BCUT2D eigenvalue weighted by Crippen LogP contribution is -2.49. The van der Waals surface area contributed by atoms with Gasteiger partial charge in [0.2, 0.25) is 23.6 Å². The third kappa shape index (κ3) is 5.12. The summed E-state index contributed by atoms with van der Waals surface area (Å²) in [6.45, 7) is 3.73. The lowest BCUT2D eigenvalue weighted by atomic mass is 9.51.